The van der Waals surface area contributed by atoms with Crippen molar-refractivity contribution < 1.29 is 32.9 Å². The van der Waals surface area contributed by atoms with Crippen LogP contribution >= 0.6 is 7.82 Å². The van der Waals surface area contributed by atoms with E-state index in [9.17, 15) is 19.4 Å². The Bertz CT molecular complexity index is 1190. The lowest BCUT2D eigenvalue weighted by Crippen LogP contribution is -2.45. The molecule has 0 rings (SSSR count). The standard InChI is InChI=1S/C45H77N2O6P/c1-6-8-10-12-14-15-16-17-18-19-20-21-22-23-24-25-26-27-28-29-30-31-33-35-37-39-45(49)46-43(44(48)38-36-34-32-13-11-9-7-2)42-53-54(50,51)52-41-40-47(3,4)5/h8,10,14-15,17-18,20-21,23-24,26-27,29-30,36,38,43-44,48H,6-7,9,11-13,16,19,22,25,28,31-35,37,39-42H2,1-5H3,(H-,46,49,50,51)/p+1/b10-8-,15-14-,18-17-,21-20-,24-23-,27-26-,30-29-,38-36+. The SMILES string of the molecule is CC/C=C\C/C=C\C/C=C\C/C=C\C/C=C\C/C=C\C/C=C\CCCCCC(=O)NC(COP(=O)(O)OCC[N+](C)(C)C)C(O)/C=C/CCCCCCC. The third kappa shape index (κ3) is 37.7. The van der Waals surface area contributed by atoms with Crippen molar-refractivity contribution in [3.8, 4) is 0 Å². The molecule has 0 aliphatic heterocycles. The van der Waals surface area contributed by atoms with Crippen LogP contribution in [0.25, 0.3) is 0 Å². The number of amides is 1. The third-order valence-electron chi connectivity index (χ3n) is 8.31. The molecule has 9 heteroatoms. The van der Waals surface area contributed by atoms with Gasteiger partial charge in [-0.05, 0) is 77.0 Å². The smallest absolute Gasteiger partial charge is 0.387 e. The van der Waals surface area contributed by atoms with E-state index in [-0.39, 0.29) is 19.1 Å². The molecule has 0 spiro atoms. The first-order chi connectivity index (χ1) is 26.0. The molecule has 3 unspecified atom stereocenters. The molecule has 3 atom stereocenters. The van der Waals surface area contributed by atoms with Crippen molar-refractivity contribution in [1.29, 1.82) is 0 Å². The zero-order chi connectivity index (χ0) is 40.0. The number of carbonyl (C=O) groups excluding carboxylic acids is 1. The number of carbonyl (C=O) groups is 1. The summed E-state index contributed by atoms with van der Waals surface area (Å²) in [4.78, 5) is 22.9. The van der Waals surface area contributed by atoms with Crippen LogP contribution in [-0.2, 0) is 18.4 Å². The van der Waals surface area contributed by atoms with E-state index in [0.29, 0.717) is 17.4 Å². The molecule has 0 aliphatic carbocycles. The fourth-order valence-corrected chi connectivity index (χ4v) is 5.75. The second kappa shape index (κ2) is 36.1. The monoisotopic (exact) mass is 774 g/mol. The first-order valence-electron chi connectivity index (χ1n) is 20.6. The van der Waals surface area contributed by atoms with Crippen LogP contribution in [0.1, 0.15) is 129 Å². The van der Waals surface area contributed by atoms with Crippen molar-refractivity contribution in [1.82, 2.24) is 5.32 Å². The summed E-state index contributed by atoms with van der Waals surface area (Å²) in [5.74, 6) is -0.220. The van der Waals surface area contributed by atoms with Crippen LogP contribution in [0.5, 0.6) is 0 Å². The lowest BCUT2D eigenvalue weighted by atomic mass is 10.1. The maximum absolute atomic E-state index is 12.8. The number of hydrogen-bond donors (Lipinski definition) is 3. The second-order valence-electron chi connectivity index (χ2n) is 14.6. The minimum Gasteiger partial charge on any atom is -0.387 e. The van der Waals surface area contributed by atoms with Crippen LogP contribution in [0.3, 0.4) is 0 Å². The van der Waals surface area contributed by atoms with Crippen molar-refractivity contribution in [3.05, 3.63) is 97.2 Å². The second-order valence-corrected chi connectivity index (χ2v) is 16.1. The van der Waals surface area contributed by atoms with E-state index in [1.165, 1.54) is 19.3 Å². The van der Waals surface area contributed by atoms with Gasteiger partial charge in [0.15, 0.2) is 0 Å². The molecule has 1 amide bonds. The molecule has 0 bridgehead atoms. The van der Waals surface area contributed by atoms with Crippen LogP contribution in [0.15, 0.2) is 97.2 Å². The molecule has 0 heterocycles. The fraction of sp³-hybridized carbons (Fsp3) is 0.622. The van der Waals surface area contributed by atoms with Crippen molar-refractivity contribution >= 4 is 13.7 Å². The Morgan fingerprint density at radius 2 is 1.11 bits per heavy atom. The van der Waals surface area contributed by atoms with Gasteiger partial charge < -0.3 is 19.8 Å². The highest BCUT2D eigenvalue weighted by Crippen LogP contribution is 2.43. The van der Waals surface area contributed by atoms with Crippen LogP contribution in [0, 0.1) is 0 Å². The number of likely N-dealkylation sites (N-methyl/N-ethyl adjacent to an activating group) is 1. The van der Waals surface area contributed by atoms with Crippen LogP contribution in [0.4, 0.5) is 0 Å². The molecular weight excluding hydrogens is 695 g/mol. The molecule has 308 valence electrons. The average molecular weight is 774 g/mol. The number of nitrogens with zero attached hydrogens (tertiary/aromatic N) is 1. The topological polar surface area (TPSA) is 105 Å². The van der Waals surface area contributed by atoms with Gasteiger partial charge >= 0.3 is 7.82 Å². The van der Waals surface area contributed by atoms with Crippen LogP contribution < -0.4 is 5.32 Å². The molecule has 0 aromatic rings. The summed E-state index contributed by atoms with van der Waals surface area (Å²) in [6, 6.07) is -0.867. The zero-order valence-corrected chi connectivity index (χ0v) is 35.6. The first kappa shape index (κ1) is 51.4. The summed E-state index contributed by atoms with van der Waals surface area (Å²) in [5, 5.41) is 13.6. The number of unbranched alkanes of at least 4 members (excludes halogenated alkanes) is 8. The Morgan fingerprint density at radius 3 is 1.61 bits per heavy atom. The summed E-state index contributed by atoms with van der Waals surface area (Å²) >= 11 is 0. The van der Waals surface area contributed by atoms with E-state index in [1.807, 2.05) is 27.2 Å². The van der Waals surface area contributed by atoms with Gasteiger partial charge in [-0.2, -0.15) is 0 Å². The maximum atomic E-state index is 12.8. The molecule has 3 N–H and O–H groups in total. The van der Waals surface area contributed by atoms with Gasteiger partial charge in [0.05, 0.1) is 39.9 Å². The van der Waals surface area contributed by atoms with Crippen LogP contribution in [0.2, 0.25) is 0 Å². The lowest BCUT2D eigenvalue weighted by Gasteiger charge is -2.25. The quantitative estimate of drug-likeness (QED) is 0.0256. The van der Waals surface area contributed by atoms with Gasteiger partial charge in [0.2, 0.25) is 5.91 Å². The molecule has 0 saturated carbocycles. The lowest BCUT2D eigenvalue weighted by molar-refractivity contribution is -0.870. The summed E-state index contributed by atoms with van der Waals surface area (Å²) < 4.78 is 23.4. The third-order valence-corrected chi connectivity index (χ3v) is 9.29. The van der Waals surface area contributed by atoms with Gasteiger partial charge in [-0.15, -0.1) is 0 Å². The van der Waals surface area contributed by atoms with Gasteiger partial charge in [-0.1, -0.05) is 143 Å². The van der Waals surface area contributed by atoms with Gasteiger partial charge in [-0.3, -0.25) is 13.8 Å². The summed E-state index contributed by atoms with van der Waals surface area (Å²) in [6.07, 6.45) is 50.7. The summed E-state index contributed by atoms with van der Waals surface area (Å²) in [7, 11) is 1.52. The number of phosphoric acid groups is 1. The molecule has 54 heavy (non-hydrogen) atoms. The van der Waals surface area contributed by atoms with Crippen molar-refractivity contribution in [2.75, 3.05) is 40.9 Å². The number of allylic oxidation sites excluding steroid dienone is 15. The predicted octanol–water partition coefficient (Wildman–Crippen LogP) is 11.2. The predicted molar refractivity (Wildman–Crippen MR) is 230 cm³/mol. The fourth-order valence-electron chi connectivity index (χ4n) is 5.02. The number of phosphoric ester groups is 1. The van der Waals surface area contributed by atoms with Crippen LogP contribution in [-0.4, -0.2) is 73.4 Å². The highest BCUT2D eigenvalue weighted by atomic mass is 31.2. The molecule has 0 radical (unpaired) electrons. The average Bonchev–Trinajstić information content (AvgIpc) is 3.12. The molecule has 0 aliphatic rings. The number of hydrogen-bond acceptors (Lipinski definition) is 5. The number of aliphatic hydroxyl groups is 1. The van der Waals surface area contributed by atoms with Crippen molar-refractivity contribution in [2.45, 2.75) is 142 Å². The molecule has 0 fully saturated rings. The highest BCUT2D eigenvalue weighted by molar-refractivity contribution is 7.47. The minimum absolute atomic E-state index is 0.0481. The summed E-state index contributed by atoms with van der Waals surface area (Å²) in [5.41, 5.74) is 0. The normalized spacial score (nSPS) is 15.5. The van der Waals surface area contributed by atoms with Gasteiger partial charge in [-0.25, -0.2) is 4.57 Å². The molecule has 8 nitrogen and oxygen atoms in total. The van der Waals surface area contributed by atoms with E-state index in [0.717, 1.165) is 89.9 Å². The Labute approximate surface area is 330 Å². The van der Waals surface area contributed by atoms with Gasteiger partial charge in [0.1, 0.15) is 13.2 Å². The van der Waals surface area contributed by atoms with E-state index in [4.69, 9.17) is 9.05 Å². The molecule has 0 aromatic carbocycles. The first-order valence-corrected chi connectivity index (χ1v) is 22.1. The minimum atomic E-state index is -4.34. The maximum Gasteiger partial charge on any atom is 0.472 e. The number of aliphatic hydroxyl groups excluding tert-OH is 1. The zero-order valence-electron chi connectivity index (χ0n) is 34.7. The Morgan fingerprint density at radius 1 is 0.648 bits per heavy atom. The van der Waals surface area contributed by atoms with E-state index in [1.54, 1.807) is 6.08 Å². The number of rotatable bonds is 35. The van der Waals surface area contributed by atoms with Gasteiger partial charge in [0.25, 0.3) is 0 Å². The Balaban J connectivity index is 4.36. The van der Waals surface area contributed by atoms with E-state index < -0.39 is 20.0 Å². The molecule has 0 saturated heterocycles. The van der Waals surface area contributed by atoms with E-state index >= 15 is 0 Å². The number of nitrogens with one attached hydrogen (secondary N) is 1. The van der Waals surface area contributed by atoms with Crippen molar-refractivity contribution in [2.24, 2.45) is 0 Å². The molecule has 0 aromatic heterocycles. The van der Waals surface area contributed by atoms with Crippen molar-refractivity contribution in [3.63, 3.8) is 0 Å². The highest BCUT2D eigenvalue weighted by Gasteiger charge is 2.27. The van der Waals surface area contributed by atoms with E-state index in [2.05, 4.69) is 104 Å². The summed E-state index contributed by atoms with van der Waals surface area (Å²) in [6.45, 7) is 4.57. The Hall–Kier alpha value is -2.58. The Kier molecular flexibility index (Phi) is 34.4. The van der Waals surface area contributed by atoms with Gasteiger partial charge in [0, 0.05) is 6.42 Å². The molecular formula is C45H78N2O6P+. The largest absolute Gasteiger partial charge is 0.472 e. The number of quaternary nitrogens is 1.